The highest BCUT2D eigenvalue weighted by molar-refractivity contribution is 7.93. The third kappa shape index (κ3) is 5.29. The SMILES string of the molecule is Cc1cc(S(=O)(=O)Nc2ccc(S(=O)(=O)Nc3cccc(Cl)c3C)cc2)ccc1N1CCCC1=O. The van der Waals surface area contributed by atoms with Crippen LogP contribution < -0.4 is 14.3 Å². The zero-order chi connectivity index (χ0) is 25.4. The van der Waals surface area contributed by atoms with Crippen LogP contribution >= 0.6 is 11.6 Å². The first kappa shape index (κ1) is 25.0. The van der Waals surface area contributed by atoms with Gasteiger partial charge in [-0.15, -0.1) is 0 Å². The predicted octanol–water partition coefficient (Wildman–Crippen LogP) is 4.69. The molecule has 2 N–H and O–H groups in total. The van der Waals surface area contributed by atoms with E-state index in [9.17, 15) is 21.6 Å². The summed E-state index contributed by atoms with van der Waals surface area (Å²) < 4.78 is 56.3. The second-order valence-corrected chi connectivity index (χ2v) is 12.0. The zero-order valence-electron chi connectivity index (χ0n) is 19.1. The molecule has 0 unspecified atom stereocenters. The summed E-state index contributed by atoms with van der Waals surface area (Å²) in [6.07, 6.45) is 1.26. The maximum Gasteiger partial charge on any atom is 0.261 e. The van der Waals surface area contributed by atoms with Crippen LogP contribution in [-0.4, -0.2) is 29.3 Å². The number of halogens is 1. The molecule has 35 heavy (non-hydrogen) atoms. The topological polar surface area (TPSA) is 113 Å². The molecule has 8 nitrogen and oxygen atoms in total. The van der Waals surface area contributed by atoms with Gasteiger partial charge in [0.25, 0.3) is 20.0 Å². The lowest BCUT2D eigenvalue weighted by molar-refractivity contribution is -0.117. The maximum atomic E-state index is 12.9. The summed E-state index contributed by atoms with van der Waals surface area (Å²) in [4.78, 5) is 13.7. The Bertz CT molecular complexity index is 1500. The van der Waals surface area contributed by atoms with E-state index in [1.807, 2.05) is 0 Å². The van der Waals surface area contributed by atoms with Crippen LogP contribution in [0.1, 0.15) is 24.0 Å². The van der Waals surface area contributed by atoms with Gasteiger partial charge in [-0.05, 0) is 86.0 Å². The van der Waals surface area contributed by atoms with Crippen molar-refractivity contribution in [1.82, 2.24) is 0 Å². The molecule has 184 valence electrons. The Labute approximate surface area is 210 Å². The highest BCUT2D eigenvalue weighted by Gasteiger charge is 2.24. The molecule has 3 aromatic carbocycles. The van der Waals surface area contributed by atoms with Crippen molar-refractivity contribution in [3.05, 3.63) is 76.8 Å². The Morgan fingerprint density at radius 2 is 1.51 bits per heavy atom. The van der Waals surface area contributed by atoms with Crippen molar-refractivity contribution in [1.29, 1.82) is 0 Å². The molecule has 1 aliphatic rings. The monoisotopic (exact) mass is 533 g/mol. The van der Waals surface area contributed by atoms with E-state index in [4.69, 9.17) is 11.6 Å². The Morgan fingerprint density at radius 3 is 2.14 bits per heavy atom. The fourth-order valence-corrected chi connectivity index (χ4v) is 6.28. The average molecular weight is 534 g/mol. The summed E-state index contributed by atoms with van der Waals surface area (Å²) in [5, 5.41) is 0.435. The van der Waals surface area contributed by atoms with Crippen LogP contribution in [0.25, 0.3) is 0 Å². The van der Waals surface area contributed by atoms with Gasteiger partial charge in [-0.2, -0.15) is 0 Å². The minimum atomic E-state index is -3.93. The summed E-state index contributed by atoms with van der Waals surface area (Å²) in [7, 11) is -7.84. The third-order valence-corrected chi connectivity index (χ3v) is 8.94. The molecule has 1 aliphatic heterocycles. The molecule has 0 bridgehead atoms. The fraction of sp³-hybridized carbons (Fsp3) is 0.208. The summed E-state index contributed by atoms with van der Waals surface area (Å²) in [5.74, 6) is 0.0249. The van der Waals surface area contributed by atoms with Crippen LogP contribution in [0.2, 0.25) is 5.02 Å². The minimum absolute atomic E-state index is 0.0249. The van der Waals surface area contributed by atoms with Crippen molar-refractivity contribution in [2.24, 2.45) is 0 Å². The first-order valence-corrected chi connectivity index (χ1v) is 14.1. The van der Waals surface area contributed by atoms with Gasteiger partial charge < -0.3 is 4.90 Å². The van der Waals surface area contributed by atoms with E-state index < -0.39 is 20.0 Å². The van der Waals surface area contributed by atoms with Gasteiger partial charge in [0, 0.05) is 29.4 Å². The van der Waals surface area contributed by atoms with Gasteiger partial charge in [-0.25, -0.2) is 16.8 Å². The van der Waals surface area contributed by atoms with Crippen LogP contribution in [0.3, 0.4) is 0 Å². The van der Waals surface area contributed by atoms with Gasteiger partial charge in [0.05, 0.1) is 15.5 Å². The molecule has 1 saturated heterocycles. The standard InChI is InChI=1S/C24H24ClN3O5S2/c1-16-15-20(12-13-23(16)28-14-4-7-24(28)29)35(32,33)26-18-8-10-19(11-9-18)34(30,31)27-22-6-3-5-21(25)17(22)2/h3,5-6,8-13,15,26-27H,4,7,14H2,1-2H3. The summed E-state index contributed by atoms with van der Waals surface area (Å²) >= 11 is 6.06. The maximum absolute atomic E-state index is 12.9. The van der Waals surface area contributed by atoms with Crippen molar-refractivity contribution in [2.45, 2.75) is 36.5 Å². The molecule has 0 aliphatic carbocycles. The van der Waals surface area contributed by atoms with E-state index in [0.29, 0.717) is 40.5 Å². The first-order valence-electron chi connectivity index (χ1n) is 10.8. The van der Waals surface area contributed by atoms with Crippen molar-refractivity contribution < 1.29 is 21.6 Å². The molecule has 4 rings (SSSR count). The smallest absolute Gasteiger partial charge is 0.261 e. The number of anilines is 3. The van der Waals surface area contributed by atoms with Gasteiger partial charge in [-0.3, -0.25) is 14.2 Å². The van der Waals surface area contributed by atoms with Crippen molar-refractivity contribution in [3.63, 3.8) is 0 Å². The molecular formula is C24H24ClN3O5S2. The molecule has 0 spiro atoms. The van der Waals surface area contributed by atoms with Gasteiger partial charge in [0.1, 0.15) is 0 Å². The number of hydrogen-bond acceptors (Lipinski definition) is 5. The van der Waals surface area contributed by atoms with E-state index in [1.54, 1.807) is 43.0 Å². The third-order valence-electron chi connectivity index (χ3n) is 5.77. The molecule has 1 fully saturated rings. The number of hydrogen-bond donors (Lipinski definition) is 2. The highest BCUT2D eigenvalue weighted by Crippen LogP contribution is 2.29. The van der Waals surface area contributed by atoms with Gasteiger partial charge in [0.15, 0.2) is 0 Å². The molecule has 0 saturated carbocycles. The largest absolute Gasteiger partial charge is 0.312 e. The summed E-state index contributed by atoms with van der Waals surface area (Å²) in [6, 6.07) is 14.9. The van der Waals surface area contributed by atoms with E-state index in [0.717, 1.165) is 6.42 Å². The lowest BCUT2D eigenvalue weighted by atomic mass is 10.2. The van der Waals surface area contributed by atoms with E-state index in [-0.39, 0.29) is 21.4 Å². The second kappa shape index (κ2) is 9.52. The molecular weight excluding hydrogens is 510 g/mol. The predicted molar refractivity (Wildman–Crippen MR) is 137 cm³/mol. The quantitative estimate of drug-likeness (QED) is 0.457. The molecule has 11 heteroatoms. The number of nitrogens with one attached hydrogen (secondary N) is 2. The first-order chi connectivity index (χ1) is 16.5. The van der Waals surface area contributed by atoms with Crippen LogP contribution in [-0.2, 0) is 24.8 Å². The number of rotatable bonds is 7. The minimum Gasteiger partial charge on any atom is -0.312 e. The number of benzene rings is 3. The number of carbonyl (C=O) groups is 1. The number of aryl methyl sites for hydroxylation is 1. The Hall–Kier alpha value is -3.08. The molecule has 1 amide bonds. The number of carbonyl (C=O) groups excluding carboxylic acids is 1. The van der Waals surface area contributed by atoms with E-state index >= 15 is 0 Å². The van der Waals surface area contributed by atoms with Crippen LogP contribution in [0, 0.1) is 13.8 Å². The Balaban J connectivity index is 1.51. The van der Waals surface area contributed by atoms with E-state index in [2.05, 4.69) is 9.44 Å². The molecule has 3 aromatic rings. The second-order valence-electron chi connectivity index (χ2n) is 8.24. The van der Waals surface area contributed by atoms with Gasteiger partial charge in [-0.1, -0.05) is 17.7 Å². The lowest BCUT2D eigenvalue weighted by Gasteiger charge is -2.19. The summed E-state index contributed by atoms with van der Waals surface area (Å²) in [5.41, 5.74) is 2.53. The zero-order valence-corrected chi connectivity index (χ0v) is 21.5. The summed E-state index contributed by atoms with van der Waals surface area (Å²) in [6.45, 7) is 4.08. The number of nitrogens with zero attached hydrogens (tertiary/aromatic N) is 1. The van der Waals surface area contributed by atoms with Gasteiger partial charge in [0.2, 0.25) is 5.91 Å². The molecule has 0 aromatic heterocycles. The van der Waals surface area contributed by atoms with Crippen molar-refractivity contribution >= 4 is 54.6 Å². The Morgan fingerprint density at radius 1 is 0.857 bits per heavy atom. The molecule has 0 radical (unpaired) electrons. The molecule has 0 atom stereocenters. The Kier molecular flexibility index (Phi) is 6.81. The molecule has 1 heterocycles. The van der Waals surface area contributed by atoms with Crippen LogP contribution in [0.4, 0.5) is 17.1 Å². The number of sulfonamides is 2. The fourth-order valence-electron chi connectivity index (χ4n) is 3.84. The van der Waals surface area contributed by atoms with Crippen molar-refractivity contribution in [3.8, 4) is 0 Å². The highest BCUT2D eigenvalue weighted by atomic mass is 35.5. The van der Waals surface area contributed by atoms with Crippen LogP contribution in [0.15, 0.2) is 70.5 Å². The van der Waals surface area contributed by atoms with E-state index in [1.165, 1.54) is 36.4 Å². The normalized spacial score (nSPS) is 14.3. The lowest BCUT2D eigenvalue weighted by Crippen LogP contribution is -2.24. The average Bonchev–Trinajstić information content (AvgIpc) is 3.22. The van der Waals surface area contributed by atoms with Crippen LogP contribution in [0.5, 0.6) is 0 Å². The number of amides is 1. The van der Waals surface area contributed by atoms with Crippen molar-refractivity contribution in [2.75, 3.05) is 20.9 Å². The van der Waals surface area contributed by atoms with Gasteiger partial charge >= 0.3 is 0 Å².